The number of benzene rings is 2. The lowest BCUT2D eigenvalue weighted by molar-refractivity contribution is -0.149. The fourth-order valence-electron chi connectivity index (χ4n) is 4.05. The molecule has 1 saturated heterocycles. The molecule has 1 fully saturated rings. The molecule has 6 heteroatoms. The maximum Gasteiger partial charge on any atom is 0.311 e. The van der Waals surface area contributed by atoms with E-state index in [0.717, 1.165) is 27.8 Å². The first-order chi connectivity index (χ1) is 13.9. The van der Waals surface area contributed by atoms with E-state index in [-0.39, 0.29) is 35.4 Å². The van der Waals surface area contributed by atoms with Gasteiger partial charge < -0.3 is 15.2 Å². The van der Waals surface area contributed by atoms with Crippen molar-refractivity contribution in [3.05, 3.63) is 59.5 Å². The SMILES string of the molecule is COC(=O)C1CNC1c1nc2cc(O)ccc2c(-c2ccc(F)cc2)c1C(C)C. The van der Waals surface area contributed by atoms with E-state index in [1.165, 1.54) is 19.2 Å². The minimum Gasteiger partial charge on any atom is -0.508 e. The summed E-state index contributed by atoms with van der Waals surface area (Å²) in [7, 11) is 1.39. The summed E-state index contributed by atoms with van der Waals surface area (Å²) in [6.07, 6.45) is 0. The lowest BCUT2D eigenvalue weighted by Crippen LogP contribution is -2.50. The molecule has 0 amide bonds. The van der Waals surface area contributed by atoms with Crippen molar-refractivity contribution >= 4 is 16.9 Å². The van der Waals surface area contributed by atoms with Crippen molar-refractivity contribution in [3.8, 4) is 16.9 Å². The van der Waals surface area contributed by atoms with E-state index < -0.39 is 0 Å². The normalized spacial score (nSPS) is 18.7. The number of methoxy groups -OCH3 is 1. The number of hydrogen-bond donors (Lipinski definition) is 2. The van der Waals surface area contributed by atoms with Gasteiger partial charge in [0, 0.05) is 18.0 Å². The Labute approximate surface area is 168 Å². The molecule has 3 aromatic rings. The second-order valence-electron chi connectivity index (χ2n) is 7.66. The topological polar surface area (TPSA) is 71.5 Å². The molecule has 0 bridgehead atoms. The van der Waals surface area contributed by atoms with Gasteiger partial charge >= 0.3 is 5.97 Å². The van der Waals surface area contributed by atoms with E-state index in [2.05, 4.69) is 19.2 Å². The number of nitrogens with zero attached hydrogens (tertiary/aromatic N) is 1. The number of aromatic nitrogens is 1. The molecular weight excluding hydrogens is 371 g/mol. The fourth-order valence-corrected chi connectivity index (χ4v) is 4.05. The van der Waals surface area contributed by atoms with Crippen LogP contribution in [0.25, 0.3) is 22.0 Å². The molecule has 2 unspecified atom stereocenters. The minimum absolute atomic E-state index is 0.108. The number of halogens is 1. The van der Waals surface area contributed by atoms with Crippen molar-refractivity contribution in [1.29, 1.82) is 0 Å². The molecule has 1 aromatic heterocycles. The van der Waals surface area contributed by atoms with E-state index in [0.29, 0.717) is 12.1 Å². The molecule has 0 saturated carbocycles. The summed E-state index contributed by atoms with van der Waals surface area (Å²) in [5, 5.41) is 14.2. The average Bonchev–Trinajstić information content (AvgIpc) is 2.66. The molecule has 5 nitrogen and oxygen atoms in total. The number of pyridine rings is 1. The summed E-state index contributed by atoms with van der Waals surface area (Å²) in [6.45, 7) is 4.68. The monoisotopic (exact) mass is 394 g/mol. The van der Waals surface area contributed by atoms with Crippen molar-refractivity contribution < 1.29 is 19.0 Å². The number of phenolic OH excluding ortho intramolecular Hbond substituents is 1. The molecule has 2 N–H and O–H groups in total. The summed E-state index contributed by atoms with van der Waals surface area (Å²) >= 11 is 0. The van der Waals surface area contributed by atoms with Gasteiger partial charge in [0.2, 0.25) is 0 Å². The van der Waals surface area contributed by atoms with Crippen LogP contribution in [-0.4, -0.2) is 29.7 Å². The Hall–Kier alpha value is -2.99. The Kier molecular flexibility index (Phi) is 4.96. The number of ether oxygens (including phenoxy) is 1. The molecule has 2 atom stereocenters. The zero-order valence-electron chi connectivity index (χ0n) is 16.6. The molecule has 1 aliphatic rings. The van der Waals surface area contributed by atoms with Gasteiger partial charge in [0.25, 0.3) is 0 Å². The van der Waals surface area contributed by atoms with Crippen LogP contribution < -0.4 is 5.32 Å². The first-order valence-corrected chi connectivity index (χ1v) is 9.64. The van der Waals surface area contributed by atoms with Crippen molar-refractivity contribution in [2.24, 2.45) is 5.92 Å². The molecule has 1 aliphatic heterocycles. The van der Waals surface area contributed by atoms with Gasteiger partial charge in [0.15, 0.2) is 0 Å². The van der Waals surface area contributed by atoms with Gasteiger partial charge in [-0.15, -0.1) is 0 Å². The first-order valence-electron chi connectivity index (χ1n) is 9.64. The van der Waals surface area contributed by atoms with Gasteiger partial charge in [-0.2, -0.15) is 0 Å². The summed E-state index contributed by atoms with van der Waals surface area (Å²) in [5.41, 5.74) is 4.20. The number of nitrogens with one attached hydrogen (secondary N) is 1. The van der Waals surface area contributed by atoms with E-state index >= 15 is 0 Å². The highest BCUT2D eigenvalue weighted by molar-refractivity contribution is 5.97. The molecule has 2 aromatic carbocycles. The second-order valence-corrected chi connectivity index (χ2v) is 7.66. The van der Waals surface area contributed by atoms with E-state index in [9.17, 15) is 14.3 Å². The highest BCUT2D eigenvalue weighted by Crippen LogP contribution is 2.42. The third-order valence-electron chi connectivity index (χ3n) is 5.51. The van der Waals surface area contributed by atoms with E-state index in [1.807, 2.05) is 6.07 Å². The van der Waals surface area contributed by atoms with Gasteiger partial charge in [0.05, 0.1) is 30.3 Å². The second kappa shape index (κ2) is 7.44. The number of phenols is 1. The largest absolute Gasteiger partial charge is 0.508 e. The molecule has 29 heavy (non-hydrogen) atoms. The molecule has 0 aliphatic carbocycles. The predicted molar refractivity (Wildman–Crippen MR) is 109 cm³/mol. The number of hydrogen-bond acceptors (Lipinski definition) is 5. The Morgan fingerprint density at radius 1 is 1.24 bits per heavy atom. The van der Waals surface area contributed by atoms with Gasteiger partial charge in [-0.05, 0) is 46.9 Å². The standard InChI is InChI=1S/C23H23FN2O3/c1-12(2)19-20(13-4-6-14(24)7-5-13)16-9-8-15(27)10-18(16)26-22(19)21-17(11-25-21)23(28)29-3/h4-10,12,17,21,25,27H,11H2,1-3H3. The lowest BCUT2D eigenvalue weighted by Gasteiger charge is -2.37. The van der Waals surface area contributed by atoms with Crippen LogP contribution in [0, 0.1) is 11.7 Å². The van der Waals surface area contributed by atoms with E-state index in [1.54, 1.807) is 24.3 Å². The number of carbonyl (C=O) groups excluding carboxylic acids is 1. The van der Waals surface area contributed by atoms with Gasteiger partial charge in [-0.25, -0.2) is 4.39 Å². The van der Waals surface area contributed by atoms with Gasteiger partial charge in [-0.1, -0.05) is 26.0 Å². The molecule has 4 rings (SSSR count). The zero-order valence-corrected chi connectivity index (χ0v) is 16.6. The van der Waals surface area contributed by atoms with Gasteiger partial charge in [0.1, 0.15) is 11.6 Å². The van der Waals surface area contributed by atoms with Crippen molar-refractivity contribution in [1.82, 2.24) is 10.3 Å². The summed E-state index contributed by atoms with van der Waals surface area (Å²) in [6, 6.07) is 11.2. The van der Waals surface area contributed by atoms with Crippen LogP contribution in [0.1, 0.15) is 37.1 Å². The third kappa shape index (κ3) is 3.34. The molecular formula is C23H23FN2O3. The number of fused-ring (bicyclic) bond motifs is 1. The van der Waals surface area contributed by atoms with Crippen LogP contribution in [0.2, 0.25) is 0 Å². The van der Waals surface area contributed by atoms with Crippen molar-refractivity contribution in [3.63, 3.8) is 0 Å². The van der Waals surface area contributed by atoms with Crippen LogP contribution in [0.15, 0.2) is 42.5 Å². The fraction of sp³-hybridized carbons (Fsp3) is 0.304. The average molecular weight is 394 g/mol. The van der Waals surface area contributed by atoms with Crippen LogP contribution >= 0.6 is 0 Å². The summed E-state index contributed by atoms with van der Waals surface area (Å²) in [4.78, 5) is 17.0. The lowest BCUT2D eigenvalue weighted by atomic mass is 9.80. The number of aromatic hydroxyl groups is 1. The Morgan fingerprint density at radius 3 is 2.55 bits per heavy atom. The maximum atomic E-state index is 13.6. The van der Waals surface area contributed by atoms with Crippen LogP contribution in [0.3, 0.4) is 0 Å². The van der Waals surface area contributed by atoms with Crippen molar-refractivity contribution in [2.45, 2.75) is 25.8 Å². The predicted octanol–water partition coefficient (Wildman–Crippen LogP) is 4.30. The zero-order chi connectivity index (χ0) is 20.7. The highest BCUT2D eigenvalue weighted by Gasteiger charge is 2.41. The molecule has 150 valence electrons. The van der Waals surface area contributed by atoms with Crippen molar-refractivity contribution in [2.75, 3.05) is 13.7 Å². The number of rotatable bonds is 4. The molecule has 2 heterocycles. The summed E-state index contributed by atoms with van der Waals surface area (Å²) in [5.74, 6) is -0.672. The Balaban J connectivity index is 2.02. The quantitative estimate of drug-likeness (QED) is 0.646. The molecule has 0 spiro atoms. The smallest absolute Gasteiger partial charge is 0.311 e. The van der Waals surface area contributed by atoms with Crippen LogP contribution in [-0.2, 0) is 9.53 Å². The Morgan fingerprint density at radius 2 is 1.97 bits per heavy atom. The van der Waals surface area contributed by atoms with E-state index in [4.69, 9.17) is 9.72 Å². The summed E-state index contributed by atoms with van der Waals surface area (Å²) < 4.78 is 18.5. The minimum atomic E-state index is -0.319. The van der Waals surface area contributed by atoms with Crippen LogP contribution in [0.5, 0.6) is 5.75 Å². The van der Waals surface area contributed by atoms with Crippen LogP contribution in [0.4, 0.5) is 4.39 Å². The maximum absolute atomic E-state index is 13.6. The third-order valence-corrected chi connectivity index (χ3v) is 5.51. The Bertz CT molecular complexity index is 1080. The number of esters is 1. The highest BCUT2D eigenvalue weighted by atomic mass is 19.1. The molecule has 0 radical (unpaired) electrons. The first kappa shape index (κ1) is 19.3. The number of carbonyl (C=O) groups is 1. The van der Waals surface area contributed by atoms with Gasteiger partial charge in [-0.3, -0.25) is 9.78 Å².